The Morgan fingerprint density at radius 1 is 1.24 bits per heavy atom. The molecule has 0 spiro atoms. The minimum Gasteiger partial charge on any atom is -0.465 e. The van der Waals surface area contributed by atoms with E-state index < -0.39 is 0 Å². The Balaban J connectivity index is 0.00000240. The van der Waals surface area contributed by atoms with Gasteiger partial charge in [-0.05, 0) is 60.2 Å². The van der Waals surface area contributed by atoms with Crippen molar-refractivity contribution in [1.29, 1.82) is 0 Å². The van der Waals surface area contributed by atoms with Gasteiger partial charge in [-0.3, -0.25) is 4.79 Å². The molecule has 1 atom stereocenters. The zero-order valence-corrected chi connectivity index (χ0v) is 18.1. The van der Waals surface area contributed by atoms with E-state index in [2.05, 4.69) is 41.0 Å². The van der Waals surface area contributed by atoms with E-state index in [0.29, 0.717) is 6.54 Å². The van der Waals surface area contributed by atoms with Gasteiger partial charge < -0.3 is 19.4 Å². The molecule has 4 rings (SSSR count). The number of hydrogen-bond acceptors (Lipinski definition) is 5. The molecule has 7 heteroatoms. The van der Waals surface area contributed by atoms with Crippen molar-refractivity contribution < 1.29 is 13.9 Å². The van der Waals surface area contributed by atoms with Gasteiger partial charge in [-0.2, -0.15) is 0 Å². The number of furan rings is 1. The van der Waals surface area contributed by atoms with E-state index in [9.17, 15) is 4.79 Å². The van der Waals surface area contributed by atoms with Crippen LogP contribution in [0.25, 0.3) is 0 Å². The van der Waals surface area contributed by atoms with Crippen LogP contribution in [0.2, 0.25) is 0 Å². The second-order valence-electron chi connectivity index (χ2n) is 6.96. The summed E-state index contributed by atoms with van der Waals surface area (Å²) in [6.45, 7) is 3.41. The molecule has 0 aliphatic carbocycles. The number of ether oxygens (including phenoxy) is 1. The van der Waals surface area contributed by atoms with Crippen LogP contribution in [0, 0.1) is 6.92 Å². The lowest BCUT2D eigenvalue weighted by molar-refractivity contribution is -0.137. The summed E-state index contributed by atoms with van der Waals surface area (Å²) in [5.74, 6) is 1.85. The minimum atomic E-state index is -0.0561. The number of hydrogen-bond donors (Lipinski definition) is 1. The number of rotatable bonds is 6. The van der Waals surface area contributed by atoms with E-state index in [1.54, 1.807) is 18.4 Å². The first-order chi connectivity index (χ1) is 13.7. The van der Waals surface area contributed by atoms with Crippen LogP contribution in [-0.4, -0.2) is 31.1 Å². The molecule has 0 saturated heterocycles. The summed E-state index contributed by atoms with van der Waals surface area (Å²) in [6, 6.07) is 14.3. The number of halogens is 1. The Bertz CT molecular complexity index is 951. The predicted octanol–water partition coefficient (Wildman–Crippen LogP) is 4.80. The SMILES string of the molecule is COCC(=O)N1CCc2sccc2C1c1ccc(NCc2ccc(C)o2)cc1.Cl. The smallest absolute Gasteiger partial charge is 0.249 e. The van der Waals surface area contributed by atoms with Crippen LogP contribution >= 0.6 is 23.7 Å². The van der Waals surface area contributed by atoms with Gasteiger partial charge in [0.2, 0.25) is 5.91 Å². The monoisotopic (exact) mass is 432 g/mol. The molecule has 5 nitrogen and oxygen atoms in total. The zero-order valence-electron chi connectivity index (χ0n) is 16.5. The maximum atomic E-state index is 12.6. The van der Waals surface area contributed by atoms with Gasteiger partial charge in [-0.15, -0.1) is 23.7 Å². The van der Waals surface area contributed by atoms with E-state index in [4.69, 9.17) is 9.15 Å². The average molecular weight is 433 g/mol. The topological polar surface area (TPSA) is 54.7 Å². The van der Waals surface area contributed by atoms with Crippen LogP contribution in [0.3, 0.4) is 0 Å². The molecule has 3 aromatic rings. The second-order valence-corrected chi connectivity index (χ2v) is 7.96. The third kappa shape index (κ3) is 4.66. The average Bonchev–Trinajstić information content (AvgIpc) is 3.35. The molecule has 2 aromatic heterocycles. The third-order valence-corrected chi connectivity index (χ3v) is 6.04. The molecule has 154 valence electrons. The van der Waals surface area contributed by atoms with Gasteiger partial charge in [-0.1, -0.05) is 12.1 Å². The summed E-state index contributed by atoms with van der Waals surface area (Å²) in [6.07, 6.45) is 0.904. The minimum absolute atomic E-state index is 0. The highest BCUT2D eigenvalue weighted by Gasteiger charge is 2.32. The Morgan fingerprint density at radius 2 is 2.03 bits per heavy atom. The summed E-state index contributed by atoms with van der Waals surface area (Å²) < 4.78 is 10.7. The van der Waals surface area contributed by atoms with Crippen molar-refractivity contribution >= 4 is 35.3 Å². The lowest BCUT2D eigenvalue weighted by Crippen LogP contribution is -2.41. The molecule has 1 unspecified atom stereocenters. The van der Waals surface area contributed by atoms with E-state index in [-0.39, 0.29) is 31.0 Å². The highest BCUT2D eigenvalue weighted by atomic mass is 35.5. The van der Waals surface area contributed by atoms with Crippen LogP contribution in [0.4, 0.5) is 5.69 Å². The molecular weight excluding hydrogens is 408 g/mol. The number of nitrogens with zero attached hydrogens (tertiary/aromatic N) is 1. The molecular formula is C22H25ClN2O3S. The first-order valence-electron chi connectivity index (χ1n) is 9.39. The lowest BCUT2D eigenvalue weighted by atomic mass is 9.93. The van der Waals surface area contributed by atoms with Crippen molar-refractivity contribution in [3.63, 3.8) is 0 Å². The number of methoxy groups -OCH3 is 1. The molecule has 0 saturated carbocycles. The van der Waals surface area contributed by atoms with Crippen LogP contribution in [0.5, 0.6) is 0 Å². The van der Waals surface area contributed by atoms with Crippen molar-refractivity contribution in [2.24, 2.45) is 0 Å². The summed E-state index contributed by atoms with van der Waals surface area (Å²) >= 11 is 1.77. The largest absolute Gasteiger partial charge is 0.465 e. The zero-order chi connectivity index (χ0) is 19.5. The van der Waals surface area contributed by atoms with Gasteiger partial charge in [0.15, 0.2) is 0 Å². The van der Waals surface area contributed by atoms with Gasteiger partial charge in [0, 0.05) is 24.2 Å². The van der Waals surface area contributed by atoms with Crippen molar-refractivity contribution in [1.82, 2.24) is 4.90 Å². The molecule has 29 heavy (non-hydrogen) atoms. The fourth-order valence-corrected chi connectivity index (χ4v) is 4.61. The maximum absolute atomic E-state index is 12.6. The van der Waals surface area contributed by atoms with Crippen molar-refractivity contribution in [2.45, 2.75) is 25.9 Å². The molecule has 1 amide bonds. The maximum Gasteiger partial charge on any atom is 0.249 e. The van der Waals surface area contributed by atoms with E-state index in [1.165, 1.54) is 10.4 Å². The summed E-state index contributed by atoms with van der Waals surface area (Å²) in [4.78, 5) is 15.9. The number of carbonyl (C=O) groups excluding carboxylic acids is 1. The fraction of sp³-hybridized carbons (Fsp3) is 0.318. The van der Waals surface area contributed by atoms with Gasteiger partial charge in [-0.25, -0.2) is 0 Å². The van der Waals surface area contributed by atoms with Crippen molar-refractivity contribution in [2.75, 3.05) is 25.6 Å². The highest BCUT2D eigenvalue weighted by molar-refractivity contribution is 7.10. The number of benzene rings is 1. The number of nitrogens with one attached hydrogen (secondary N) is 1. The van der Waals surface area contributed by atoms with Crippen LogP contribution in [0.15, 0.2) is 52.3 Å². The number of amides is 1. The Morgan fingerprint density at radius 3 is 2.72 bits per heavy atom. The van der Waals surface area contributed by atoms with Gasteiger partial charge >= 0.3 is 0 Å². The van der Waals surface area contributed by atoms with Crippen LogP contribution in [-0.2, 0) is 22.5 Å². The number of thiophene rings is 1. The van der Waals surface area contributed by atoms with Crippen molar-refractivity contribution in [3.05, 3.63) is 75.4 Å². The molecule has 1 aromatic carbocycles. The molecule has 1 N–H and O–H groups in total. The molecule has 1 aliphatic heterocycles. The van der Waals surface area contributed by atoms with Crippen LogP contribution in [0.1, 0.15) is 33.6 Å². The summed E-state index contributed by atoms with van der Waals surface area (Å²) in [5.41, 5.74) is 3.37. The first-order valence-corrected chi connectivity index (χ1v) is 10.3. The molecule has 0 fully saturated rings. The summed E-state index contributed by atoms with van der Waals surface area (Å²) in [7, 11) is 1.56. The quantitative estimate of drug-likeness (QED) is 0.607. The second kappa shape index (κ2) is 9.48. The summed E-state index contributed by atoms with van der Waals surface area (Å²) in [5, 5.41) is 5.49. The Hall–Kier alpha value is -2.28. The van der Waals surface area contributed by atoms with Crippen LogP contribution < -0.4 is 5.32 Å². The van der Waals surface area contributed by atoms with Gasteiger partial charge in [0.05, 0.1) is 12.6 Å². The number of fused-ring (bicyclic) bond motifs is 1. The van der Waals surface area contributed by atoms with E-state index in [0.717, 1.165) is 35.7 Å². The molecule has 1 aliphatic rings. The van der Waals surface area contributed by atoms with E-state index in [1.807, 2.05) is 24.0 Å². The molecule has 0 radical (unpaired) electrons. The molecule has 0 bridgehead atoms. The standard InChI is InChI=1S/C22H24N2O3S.ClH/c1-15-3-8-18(27-15)13-23-17-6-4-16(5-7-17)22-19-10-12-28-20(19)9-11-24(22)21(25)14-26-2;/h3-8,10,12,22-23H,9,11,13-14H2,1-2H3;1H. The van der Waals surface area contributed by atoms with Gasteiger partial charge in [0.1, 0.15) is 18.1 Å². The number of carbonyl (C=O) groups is 1. The first kappa shape index (κ1) is 21.4. The molecule has 3 heterocycles. The Labute approximate surface area is 181 Å². The van der Waals surface area contributed by atoms with Gasteiger partial charge in [0.25, 0.3) is 0 Å². The normalized spacial score (nSPS) is 15.5. The fourth-order valence-electron chi connectivity index (χ4n) is 3.70. The lowest BCUT2D eigenvalue weighted by Gasteiger charge is -2.36. The number of anilines is 1. The highest BCUT2D eigenvalue weighted by Crippen LogP contribution is 2.38. The Kier molecular flexibility index (Phi) is 7.00. The number of aryl methyl sites for hydroxylation is 1. The third-order valence-electron chi connectivity index (χ3n) is 5.04. The predicted molar refractivity (Wildman–Crippen MR) is 118 cm³/mol. The van der Waals surface area contributed by atoms with E-state index >= 15 is 0 Å². The van der Waals surface area contributed by atoms with Crippen molar-refractivity contribution in [3.8, 4) is 0 Å².